The molecule has 20 heavy (non-hydrogen) atoms. The molecule has 0 spiro atoms. The lowest BCUT2D eigenvalue weighted by Crippen LogP contribution is -2.31. The van der Waals surface area contributed by atoms with Gasteiger partial charge in [0.25, 0.3) is 0 Å². The molecule has 1 aliphatic rings. The molecular weight excluding hydrogens is 268 g/mol. The van der Waals surface area contributed by atoms with Crippen molar-refractivity contribution >= 4 is 16.5 Å². The van der Waals surface area contributed by atoms with Gasteiger partial charge in [-0.05, 0) is 38.9 Å². The first-order valence-electron chi connectivity index (χ1n) is 7.69. The van der Waals surface area contributed by atoms with Gasteiger partial charge in [-0.3, -0.25) is 0 Å². The van der Waals surface area contributed by atoms with E-state index in [4.69, 9.17) is 4.98 Å². The molecule has 114 valence electrons. The highest BCUT2D eigenvalue weighted by Crippen LogP contribution is 2.30. The van der Waals surface area contributed by atoms with Crippen LogP contribution >= 0.6 is 11.3 Å². The van der Waals surface area contributed by atoms with Crippen molar-refractivity contribution < 1.29 is 0 Å². The van der Waals surface area contributed by atoms with Gasteiger partial charge in [-0.25, -0.2) is 4.98 Å². The van der Waals surface area contributed by atoms with Crippen molar-refractivity contribution in [1.29, 1.82) is 0 Å². The number of hydrogen-bond acceptors (Lipinski definition) is 5. The van der Waals surface area contributed by atoms with Gasteiger partial charge in [0.1, 0.15) is 0 Å². The summed E-state index contributed by atoms with van der Waals surface area (Å²) in [4.78, 5) is 11.1. The maximum Gasteiger partial charge on any atom is 0.185 e. The average molecular weight is 296 g/mol. The quantitative estimate of drug-likeness (QED) is 0.838. The van der Waals surface area contributed by atoms with Gasteiger partial charge in [-0.15, -0.1) is 11.3 Å². The number of nitrogens with one attached hydrogen (secondary N) is 1. The van der Waals surface area contributed by atoms with Gasteiger partial charge >= 0.3 is 0 Å². The van der Waals surface area contributed by atoms with Crippen LogP contribution in [0.1, 0.15) is 43.2 Å². The van der Waals surface area contributed by atoms with Gasteiger partial charge in [-0.1, -0.05) is 13.8 Å². The van der Waals surface area contributed by atoms with Crippen molar-refractivity contribution in [3.05, 3.63) is 10.6 Å². The Morgan fingerprint density at radius 1 is 1.35 bits per heavy atom. The van der Waals surface area contributed by atoms with E-state index in [1.165, 1.54) is 36.5 Å². The largest absolute Gasteiger partial charge is 0.350 e. The van der Waals surface area contributed by atoms with Crippen LogP contribution < -0.4 is 10.2 Å². The number of aromatic nitrogens is 1. The lowest BCUT2D eigenvalue weighted by atomic mass is 10.1. The highest BCUT2D eigenvalue weighted by molar-refractivity contribution is 7.15. The first kappa shape index (κ1) is 15.7. The van der Waals surface area contributed by atoms with Crippen molar-refractivity contribution in [2.24, 2.45) is 0 Å². The summed E-state index contributed by atoms with van der Waals surface area (Å²) in [5.41, 5.74) is 1.26. The number of likely N-dealkylation sites (tertiary alicyclic amines) is 1. The average Bonchev–Trinajstić information content (AvgIpc) is 3.05. The van der Waals surface area contributed by atoms with Crippen molar-refractivity contribution in [1.82, 2.24) is 15.2 Å². The Bertz CT molecular complexity index is 410. The van der Waals surface area contributed by atoms with E-state index in [9.17, 15) is 0 Å². The number of nitrogens with zero attached hydrogens (tertiary/aromatic N) is 3. The summed E-state index contributed by atoms with van der Waals surface area (Å²) in [5.74, 6) is 0.496. The van der Waals surface area contributed by atoms with Crippen LogP contribution in [0.3, 0.4) is 0 Å². The number of hydrogen-bond donors (Lipinski definition) is 1. The van der Waals surface area contributed by atoms with E-state index in [2.05, 4.69) is 36.0 Å². The van der Waals surface area contributed by atoms with Crippen LogP contribution in [-0.2, 0) is 6.54 Å². The van der Waals surface area contributed by atoms with Crippen molar-refractivity contribution in [2.45, 2.75) is 39.2 Å². The van der Waals surface area contributed by atoms with Crippen LogP contribution in [-0.4, -0.2) is 50.2 Å². The lowest BCUT2D eigenvalue weighted by molar-refractivity contribution is 0.346. The first-order valence-corrected chi connectivity index (χ1v) is 8.51. The van der Waals surface area contributed by atoms with Crippen LogP contribution in [0.25, 0.3) is 0 Å². The summed E-state index contributed by atoms with van der Waals surface area (Å²) in [6.45, 7) is 10.1. The lowest BCUT2D eigenvalue weighted by Gasteiger charge is -2.20. The van der Waals surface area contributed by atoms with Crippen LogP contribution in [0.15, 0.2) is 0 Å². The molecule has 0 radical (unpaired) electrons. The molecule has 1 aromatic heterocycles. The Hall–Kier alpha value is -0.650. The zero-order valence-electron chi connectivity index (χ0n) is 13.3. The van der Waals surface area contributed by atoms with E-state index >= 15 is 0 Å². The fourth-order valence-corrected chi connectivity index (χ4v) is 3.86. The van der Waals surface area contributed by atoms with Gasteiger partial charge in [0.05, 0.1) is 5.69 Å². The third-order valence-electron chi connectivity index (χ3n) is 3.88. The second-order valence-electron chi connectivity index (χ2n) is 5.96. The van der Waals surface area contributed by atoms with E-state index in [1.807, 2.05) is 18.4 Å². The molecule has 0 aliphatic carbocycles. The van der Waals surface area contributed by atoms with E-state index in [1.54, 1.807) is 0 Å². The molecule has 1 N–H and O–H groups in total. The van der Waals surface area contributed by atoms with Crippen LogP contribution in [0.5, 0.6) is 0 Å². The summed E-state index contributed by atoms with van der Waals surface area (Å²) in [5, 5.41) is 4.42. The third-order valence-corrected chi connectivity index (χ3v) is 5.06. The molecule has 5 heteroatoms. The van der Waals surface area contributed by atoms with Crippen molar-refractivity contribution in [2.75, 3.05) is 45.2 Å². The van der Waals surface area contributed by atoms with Crippen LogP contribution in [0.4, 0.5) is 5.13 Å². The van der Waals surface area contributed by atoms with Gasteiger partial charge in [-0.2, -0.15) is 0 Å². The minimum absolute atomic E-state index is 0.496. The molecule has 0 bridgehead atoms. The standard InChI is InChI=1S/C15H28N4S/c1-12(2)14-13(11-16-3)20-15(17-14)18(4)9-10-19-7-5-6-8-19/h12,16H,5-11H2,1-4H3. The number of likely N-dealkylation sites (N-methyl/N-ethyl adjacent to an activating group) is 1. The Morgan fingerprint density at radius 2 is 2.05 bits per heavy atom. The molecule has 0 aromatic carbocycles. The van der Waals surface area contributed by atoms with Crippen molar-refractivity contribution in [3.63, 3.8) is 0 Å². The second kappa shape index (κ2) is 7.38. The Balaban J connectivity index is 1.97. The highest BCUT2D eigenvalue weighted by atomic mass is 32.1. The molecule has 1 saturated heterocycles. The SMILES string of the molecule is CNCc1sc(N(C)CCN2CCCC2)nc1C(C)C. The number of thiazole rings is 1. The minimum atomic E-state index is 0.496. The summed E-state index contributed by atoms with van der Waals surface area (Å²) < 4.78 is 0. The molecule has 1 fully saturated rings. The predicted molar refractivity (Wildman–Crippen MR) is 87.9 cm³/mol. The Kier molecular flexibility index (Phi) is 5.81. The van der Waals surface area contributed by atoms with E-state index < -0.39 is 0 Å². The van der Waals surface area contributed by atoms with E-state index in [0.29, 0.717) is 5.92 Å². The zero-order chi connectivity index (χ0) is 14.5. The number of anilines is 1. The normalized spacial score (nSPS) is 16.2. The summed E-state index contributed by atoms with van der Waals surface area (Å²) in [6, 6.07) is 0. The fourth-order valence-electron chi connectivity index (χ4n) is 2.65. The maximum atomic E-state index is 4.86. The zero-order valence-corrected chi connectivity index (χ0v) is 14.1. The maximum absolute atomic E-state index is 4.86. The summed E-state index contributed by atoms with van der Waals surface area (Å²) >= 11 is 1.84. The Labute approximate surface area is 127 Å². The molecule has 0 atom stereocenters. The van der Waals surface area contributed by atoms with Gasteiger partial charge in [0, 0.05) is 31.6 Å². The number of rotatable bonds is 7. The smallest absolute Gasteiger partial charge is 0.185 e. The topological polar surface area (TPSA) is 31.4 Å². The van der Waals surface area contributed by atoms with Crippen LogP contribution in [0, 0.1) is 0 Å². The third kappa shape index (κ3) is 3.93. The van der Waals surface area contributed by atoms with E-state index in [0.717, 1.165) is 24.8 Å². The summed E-state index contributed by atoms with van der Waals surface area (Å²) in [6.07, 6.45) is 2.73. The summed E-state index contributed by atoms with van der Waals surface area (Å²) in [7, 11) is 4.17. The molecule has 1 aliphatic heterocycles. The van der Waals surface area contributed by atoms with E-state index in [-0.39, 0.29) is 0 Å². The first-order chi connectivity index (χ1) is 9.61. The van der Waals surface area contributed by atoms with Gasteiger partial charge in [0.15, 0.2) is 5.13 Å². The molecule has 0 amide bonds. The molecule has 0 unspecified atom stereocenters. The van der Waals surface area contributed by atoms with Crippen LogP contribution in [0.2, 0.25) is 0 Å². The molecule has 2 rings (SSSR count). The minimum Gasteiger partial charge on any atom is -0.350 e. The monoisotopic (exact) mass is 296 g/mol. The molecule has 4 nitrogen and oxygen atoms in total. The fraction of sp³-hybridized carbons (Fsp3) is 0.800. The van der Waals surface area contributed by atoms with Gasteiger partial charge < -0.3 is 15.1 Å². The molecule has 1 aromatic rings. The van der Waals surface area contributed by atoms with Crippen molar-refractivity contribution in [3.8, 4) is 0 Å². The predicted octanol–water partition coefficient (Wildman–Crippen LogP) is 2.52. The highest BCUT2D eigenvalue weighted by Gasteiger charge is 2.17. The molecule has 2 heterocycles. The molecular formula is C15H28N4S. The second-order valence-corrected chi connectivity index (χ2v) is 7.02. The van der Waals surface area contributed by atoms with Gasteiger partial charge in [0.2, 0.25) is 0 Å². The molecule has 0 saturated carbocycles. The Morgan fingerprint density at radius 3 is 2.65 bits per heavy atom.